The Labute approximate surface area is 126 Å². The van der Waals surface area contributed by atoms with E-state index in [-0.39, 0.29) is 12.2 Å². The first kappa shape index (κ1) is 14.4. The molecule has 0 radical (unpaired) electrons. The molecule has 0 atom stereocenters. The molecule has 1 aromatic carbocycles. The molecule has 0 unspecified atom stereocenters. The zero-order valence-electron chi connectivity index (χ0n) is 12.4. The van der Waals surface area contributed by atoms with Crippen molar-refractivity contribution < 1.29 is 14.6 Å². The van der Waals surface area contributed by atoms with E-state index >= 15 is 0 Å². The van der Waals surface area contributed by atoms with Gasteiger partial charge in [-0.15, -0.1) is 0 Å². The summed E-state index contributed by atoms with van der Waals surface area (Å²) >= 11 is 0. The zero-order chi connectivity index (χ0) is 15.7. The van der Waals surface area contributed by atoms with Crippen molar-refractivity contribution in [1.29, 1.82) is 0 Å². The molecule has 3 rings (SSSR count). The molecule has 0 amide bonds. The van der Waals surface area contributed by atoms with E-state index in [1.807, 2.05) is 0 Å². The Morgan fingerprint density at radius 1 is 1.27 bits per heavy atom. The first-order chi connectivity index (χ1) is 10.7. The highest BCUT2D eigenvalue weighted by molar-refractivity contribution is 6.05. The highest BCUT2D eigenvalue weighted by atomic mass is 16.5. The Bertz CT molecular complexity index is 882. The number of hydrogen-bond acceptors (Lipinski definition) is 5. The molecule has 0 aliphatic carbocycles. The van der Waals surface area contributed by atoms with Crippen LogP contribution in [0.4, 0.5) is 0 Å². The Balaban J connectivity index is 2.25. The topological polar surface area (TPSA) is 89.4 Å². The molecule has 2 heterocycles. The van der Waals surface area contributed by atoms with E-state index in [2.05, 4.69) is 9.97 Å². The van der Waals surface area contributed by atoms with Crippen molar-refractivity contribution in [1.82, 2.24) is 14.5 Å². The number of ether oxygens (including phenoxy) is 2. The third-order valence-corrected chi connectivity index (χ3v) is 3.63. The number of nitrogens with zero attached hydrogens (tertiary/aromatic N) is 2. The fourth-order valence-corrected chi connectivity index (χ4v) is 2.52. The predicted molar refractivity (Wildman–Crippen MR) is 82.7 cm³/mol. The summed E-state index contributed by atoms with van der Waals surface area (Å²) in [5.74, 6) is 1.17. The molecule has 3 aromatic rings. The number of fused-ring (bicyclic) bond motifs is 3. The van der Waals surface area contributed by atoms with Crippen molar-refractivity contribution in [2.24, 2.45) is 0 Å². The van der Waals surface area contributed by atoms with Crippen LogP contribution in [-0.2, 0) is 6.54 Å². The van der Waals surface area contributed by atoms with Gasteiger partial charge in [0.2, 0.25) is 0 Å². The quantitative estimate of drug-likeness (QED) is 0.741. The predicted octanol–water partition coefficient (Wildman–Crippen LogP) is 1.28. The largest absolute Gasteiger partial charge is 0.493 e. The summed E-state index contributed by atoms with van der Waals surface area (Å²) in [4.78, 5) is 19.9. The Hall–Kier alpha value is -2.54. The van der Waals surface area contributed by atoms with Gasteiger partial charge in [0.05, 0.1) is 26.1 Å². The molecule has 0 aliphatic rings. The molecular formula is C15H17N3O4. The summed E-state index contributed by atoms with van der Waals surface area (Å²) in [5, 5.41) is 9.69. The smallest absolute Gasteiger partial charge is 0.277 e. The average Bonchev–Trinajstić information content (AvgIpc) is 2.91. The van der Waals surface area contributed by atoms with Crippen LogP contribution in [0.1, 0.15) is 6.42 Å². The van der Waals surface area contributed by atoms with Crippen LogP contribution in [0.3, 0.4) is 0 Å². The minimum Gasteiger partial charge on any atom is -0.493 e. The molecule has 0 saturated carbocycles. The number of nitrogens with one attached hydrogen (secondary N) is 1. The minimum atomic E-state index is -0.160. The van der Waals surface area contributed by atoms with Crippen molar-refractivity contribution in [2.75, 3.05) is 20.8 Å². The van der Waals surface area contributed by atoms with E-state index in [1.54, 1.807) is 26.4 Å². The second-order valence-corrected chi connectivity index (χ2v) is 4.92. The van der Waals surface area contributed by atoms with Crippen LogP contribution in [-0.4, -0.2) is 40.5 Å². The highest BCUT2D eigenvalue weighted by Gasteiger charge is 2.14. The van der Waals surface area contributed by atoms with Crippen molar-refractivity contribution in [3.8, 4) is 11.5 Å². The van der Waals surface area contributed by atoms with E-state index in [9.17, 15) is 4.79 Å². The first-order valence-corrected chi connectivity index (χ1v) is 6.93. The van der Waals surface area contributed by atoms with Crippen molar-refractivity contribution in [3.05, 3.63) is 28.8 Å². The van der Waals surface area contributed by atoms with Gasteiger partial charge in [-0.05, 0) is 12.5 Å². The van der Waals surface area contributed by atoms with Crippen LogP contribution >= 0.6 is 0 Å². The summed E-state index contributed by atoms with van der Waals surface area (Å²) in [6.07, 6.45) is 2.01. The second kappa shape index (κ2) is 5.69. The highest BCUT2D eigenvalue weighted by Crippen LogP contribution is 2.34. The number of aliphatic hydroxyl groups is 1. The van der Waals surface area contributed by atoms with Gasteiger partial charge in [-0.25, -0.2) is 4.98 Å². The van der Waals surface area contributed by atoms with Crippen LogP contribution in [0.25, 0.3) is 21.9 Å². The van der Waals surface area contributed by atoms with E-state index in [0.29, 0.717) is 35.5 Å². The molecule has 2 aromatic heterocycles. The first-order valence-electron chi connectivity index (χ1n) is 6.93. The van der Waals surface area contributed by atoms with Gasteiger partial charge in [-0.2, -0.15) is 0 Å². The van der Waals surface area contributed by atoms with E-state index in [4.69, 9.17) is 14.6 Å². The van der Waals surface area contributed by atoms with Crippen LogP contribution < -0.4 is 15.0 Å². The lowest BCUT2D eigenvalue weighted by Gasteiger charge is -2.06. The van der Waals surface area contributed by atoms with Crippen molar-refractivity contribution >= 4 is 21.9 Å². The fourth-order valence-electron chi connectivity index (χ4n) is 2.52. The number of H-pyrrole nitrogens is 1. The molecule has 116 valence electrons. The van der Waals surface area contributed by atoms with Crippen LogP contribution in [0.2, 0.25) is 0 Å². The number of aliphatic hydroxyl groups excluding tert-OH is 1. The lowest BCUT2D eigenvalue weighted by atomic mass is 10.2. The van der Waals surface area contributed by atoms with Crippen molar-refractivity contribution in [3.63, 3.8) is 0 Å². The van der Waals surface area contributed by atoms with Gasteiger partial charge >= 0.3 is 0 Å². The summed E-state index contributed by atoms with van der Waals surface area (Å²) in [7, 11) is 3.13. The van der Waals surface area contributed by atoms with Gasteiger partial charge in [-0.3, -0.25) is 9.36 Å². The molecule has 22 heavy (non-hydrogen) atoms. The lowest BCUT2D eigenvalue weighted by Crippen LogP contribution is -2.21. The molecule has 7 heteroatoms. The number of hydrogen-bond donors (Lipinski definition) is 2. The van der Waals surface area contributed by atoms with Crippen molar-refractivity contribution in [2.45, 2.75) is 13.0 Å². The molecule has 0 fully saturated rings. The van der Waals surface area contributed by atoms with Crippen LogP contribution in [0.15, 0.2) is 23.3 Å². The van der Waals surface area contributed by atoms with E-state index in [1.165, 1.54) is 10.9 Å². The van der Waals surface area contributed by atoms with Gasteiger partial charge in [0.1, 0.15) is 11.0 Å². The molecular weight excluding hydrogens is 286 g/mol. The molecule has 0 bridgehead atoms. The second-order valence-electron chi connectivity index (χ2n) is 4.92. The maximum atomic E-state index is 12.5. The maximum absolute atomic E-state index is 12.5. The SMILES string of the molecule is COc1cc2[nH]c3c(=O)n(CCCO)cnc3c2cc1OC. The van der Waals surface area contributed by atoms with Gasteiger partial charge in [0.25, 0.3) is 5.56 Å². The summed E-state index contributed by atoms with van der Waals surface area (Å²) in [5.41, 5.74) is 1.64. The number of aromatic nitrogens is 3. The molecule has 0 spiro atoms. The fraction of sp³-hybridized carbons (Fsp3) is 0.333. The molecule has 0 aliphatic heterocycles. The normalized spacial score (nSPS) is 11.2. The third-order valence-electron chi connectivity index (χ3n) is 3.63. The minimum absolute atomic E-state index is 0.0333. The summed E-state index contributed by atoms with van der Waals surface area (Å²) in [6, 6.07) is 3.59. The molecule has 0 saturated heterocycles. The average molecular weight is 303 g/mol. The van der Waals surface area contributed by atoms with Gasteiger partial charge in [0.15, 0.2) is 11.5 Å². The third kappa shape index (κ3) is 2.19. The monoisotopic (exact) mass is 303 g/mol. The Kier molecular flexibility index (Phi) is 3.72. The van der Waals surface area contributed by atoms with Gasteiger partial charge in [0, 0.05) is 24.6 Å². The molecule has 2 N–H and O–H groups in total. The number of rotatable bonds is 5. The number of aromatic amines is 1. The lowest BCUT2D eigenvalue weighted by molar-refractivity contribution is 0.279. The number of methoxy groups -OCH3 is 2. The zero-order valence-corrected chi connectivity index (χ0v) is 12.4. The van der Waals surface area contributed by atoms with Gasteiger partial charge in [-0.1, -0.05) is 0 Å². The number of aryl methyl sites for hydroxylation is 1. The Morgan fingerprint density at radius 3 is 2.68 bits per heavy atom. The number of benzene rings is 1. The van der Waals surface area contributed by atoms with Crippen LogP contribution in [0.5, 0.6) is 11.5 Å². The van der Waals surface area contributed by atoms with E-state index < -0.39 is 0 Å². The summed E-state index contributed by atoms with van der Waals surface area (Å²) in [6.45, 7) is 0.464. The standard InChI is InChI=1S/C15H17N3O4/c1-21-11-6-9-10(7-12(11)22-2)17-14-13(9)16-8-18(15(14)20)4-3-5-19/h6-8,17,19H,3-5H2,1-2H3. The maximum Gasteiger partial charge on any atom is 0.277 e. The summed E-state index contributed by atoms with van der Waals surface area (Å²) < 4.78 is 12.1. The molecule has 7 nitrogen and oxygen atoms in total. The Morgan fingerprint density at radius 2 is 2.00 bits per heavy atom. The van der Waals surface area contributed by atoms with E-state index in [0.717, 1.165) is 10.9 Å². The van der Waals surface area contributed by atoms with Crippen LogP contribution in [0, 0.1) is 0 Å². The van der Waals surface area contributed by atoms with Gasteiger partial charge < -0.3 is 19.6 Å².